The Morgan fingerprint density at radius 3 is 3.14 bits per heavy atom. The molecule has 2 aliphatic rings. The molecular formula is C10H15N3O. The number of ether oxygens (including phenoxy) is 1. The highest BCUT2D eigenvalue weighted by molar-refractivity contribution is 5.10. The van der Waals surface area contributed by atoms with E-state index >= 15 is 0 Å². The highest BCUT2D eigenvalue weighted by Crippen LogP contribution is 2.34. The summed E-state index contributed by atoms with van der Waals surface area (Å²) in [5.41, 5.74) is 1.21. The van der Waals surface area contributed by atoms with Crippen molar-refractivity contribution in [2.45, 2.75) is 25.0 Å². The van der Waals surface area contributed by atoms with Gasteiger partial charge >= 0.3 is 0 Å². The van der Waals surface area contributed by atoms with E-state index in [2.05, 4.69) is 21.3 Å². The second kappa shape index (κ2) is 3.37. The van der Waals surface area contributed by atoms with Crippen LogP contribution in [0.3, 0.4) is 0 Å². The second-order valence-corrected chi connectivity index (χ2v) is 4.05. The highest BCUT2D eigenvalue weighted by Gasteiger charge is 2.25. The number of morpholine rings is 1. The molecule has 2 fully saturated rings. The van der Waals surface area contributed by atoms with E-state index in [0.717, 1.165) is 19.7 Å². The number of nitrogens with one attached hydrogen (secondary N) is 1. The molecule has 1 unspecified atom stereocenters. The van der Waals surface area contributed by atoms with Gasteiger partial charge in [-0.25, -0.2) is 0 Å². The molecule has 1 aromatic rings. The van der Waals surface area contributed by atoms with Crippen LogP contribution < -0.4 is 5.32 Å². The first-order chi connectivity index (χ1) is 6.93. The summed E-state index contributed by atoms with van der Waals surface area (Å²) in [4.78, 5) is 0. The minimum absolute atomic E-state index is 0.205. The number of hydrogen-bond acceptors (Lipinski definition) is 3. The fourth-order valence-electron chi connectivity index (χ4n) is 1.84. The molecule has 1 saturated heterocycles. The lowest BCUT2D eigenvalue weighted by molar-refractivity contribution is 0.0276. The number of nitrogens with zero attached hydrogens (tertiary/aromatic N) is 2. The van der Waals surface area contributed by atoms with Crippen LogP contribution >= 0.6 is 0 Å². The van der Waals surface area contributed by atoms with Crippen molar-refractivity contribution in [2.24, 2.45) is 0 Å². The fraction of sp³-hybridized carbons (Fsp3) is 0.700. The summed E-state index contributed by atoms with van der Waals surface area (Å²) in [5, 5.41) is 7.69. The topological polar surface area (TPSA) is 39.1 Å². The molecular weight excluding hydrogens is 178 g/mol. The van der Waals surface area contributed by atoms with E-state index in [4.69, 9.17) is 4.74 Å². The summed E-state index contributed by atoms with van der Waals surface area (Å²) in [6, 6.07) is 0.667. The molecule has 0 spiro atoms. The van der Waals surface area contributed by atoms with Crippen LogP contribution in [-0.2, 0) is 4.74 Å². The fourth-order valence-corrected chi connectivity index (χ4v) is 1.84. The minimum atomic E-state index is 0.205. The van der Waals surface area contributed by atoms with Gasteiger partial charge in [-0.3, -0.25) is 4.68 Å². The summed E-state index contributed by atoms with van der Waals surface area (Å²) in [6.45, 7) is 2.68. The zero-order chi connectivity index (χ0) is 9.38. The molecule has 1 aromatic heterocycles. The van der Waals surface area contributed by atoms with Crippen molar-refractivity contribution in [2.75, 3.05) is 19.7 Å². The number of hydrogen-bond donors (Lipinski definition) is 1. The van der Waals surface area contributed by atoms with Crippen molar-refractivity contribution in [3.05, 3.63) is 18.0 Å². The van der Waals surface area contributed by atoms with Gasteiger partial charge in [-0.05, 0) is 12.8 Å². The largest absolute Gasteiger partial charge is 0.371 e. The molecule has 4 nitrogen and oxygen atoms in total. The molecule has 1 aliphatic heterocycles. The van der Waals surface area contributed by atoms with Gasteiger partial charge in [0.2, 0.25) is 0 Å². The maximum atomic E-state index is 5.66. The average molecular weight is 193 g/mol. The predicted octanol–water partition coefficient (Wildman–Crippen LogP) is 0.879. The maximum Gasteiger partial charge on any atom is 0.0980 e. The number of aromatic nitrogens is 2. The molecule has 3 rings (SSSR count). The Morgan fingerprint density at radius 2 is 2.43 bits per heavy atom. The van der Waals surface area contributed by atoms with Gasteiger partial charge in [-0.2, -0.15) is 5.10 Å². The van der Waals surface area contributed by atoms with Crippen LogP contribution in [0, 0.1) is 0 Å². The van der Waals surface area contributed by atoms with Crippen molar-refractivity contribution < 1.29 is 4.74 Å². The first-order valence-electron chi connectivity index (χ1n) is 5.30. The number of rotatable bonds is 2. The lowest BCUT2D eigenvalue weighted by Crippen LogP contribution is -2.33. The Morgan fingerprint density at radius 1 is 1.50 bits per heavy atom. The first kappa shape index (κ1) is 8.44. The van der Waals surface area contributed by atoms with Crippen molar-refractivity contribution in [1.29, 1.82) is 0 Å². The summed E-state index contributed by atoms with van der Waals surface area (Å²) >= 11 is 0. The Labute approximate surface area is 83.2 Å². The van der Waals surface area contributed by atoms with E-state index in [0.29, 0.717) is 6.04 Å². The van der Waals surface area contributed by atoms with Crippen LogP contribution in [0.25, 0.3) is 0 Å². The minimum Gasteiger partial charge on any atom is -0.371 e. The van der Waals surface area contributed by atoms with Gasteiger partial charge in [-0.1, -0.05) is 0 Å². The van der Waals surface area contributed by atoms with Crippen LogP contribution in [0.1, 0.15) is 30.6 Å². The third-order valence-corrected chi connectivity index (χ3v) is 2.84. The van der Waals surface area contributed by atoms with Gasteiger partial charge in [0.05, 0.1) is 24.9 Å². The molecule has 4 heteroatoms. The van der Waals surface area contributed by atoms with Gasteiger partial charge < -0.3 is 10.1 Å². The Hall–Kier alpha value is -0.870. The molecule has 1 aliphatic carbocycles. The van der Waals surface area contributed by atoms with Crippen molar-refractivity contribution >= 4 is 0 Å². The van der Waals surface area contributed by atoms with Gasteiger partial charge in [0.15, 0.2) is 0 Å². The third kappa shape index (κ3) is 1.55. The molecule has 0 amide bonds. The Bertz CT molecular complexity index is 313. The SMILES string of the molecule is c1nn(C2CC2)cc1C1CNCCO1. The van der Waals surface area contributed by atoms with Crippen molar-refractivity contribution in [3.8, 4) is 0 Å². The van der Waals surface area contributed by atoms with E-state index in [9.17, 15) is 0 Å². The Kier molecular flexibility index (Phi) is 2.03. The third-order valence-electron chi connectivity index (χ3n) is 2.84. The van der Waals surface area contributed by atoms with Crippen LogP contribution in [0.15, 0.2) is 12.4 Å². The van der Waals surface area contributed by atoms with Crippen LogP contribution in [-0.4, -0.2) is 29.5 Å². The summed E-state index contributed by atoms with van der Waals surface area (Å²) in [5.74, 6) is 0. The molecule has 76 valence electrons. The van der Waals surface area contributed by atoms with E-state index in [1.807, 2.05) is 6.20 Å². The molecule has 0 aromatic carbocycles. The first-order valence-corrected chi connectivity index (χ1v) is 5.30. The zero-order valence-corrected chi connectivity index (χ0v) is 8.15. The molecule has 1 N–H and O–H groups in total. The van der Waals surface area contributed by atoms with Gasteiger partial charge in [0.1, 0.15) is 0 Å². The van der Waals surface area contributed by atoms with Crippen molar-refractivity contribution in [1.82, 2.24) is 15.1 Å². The zero-order valence-electron chi connectivity index (χ0n) is 8.15. The van der Waals surface area contributed by atoms with E-state index < -0.39 is 0 Å². The van der Waals surface area contributed by atoms with E-state index in [1.54, 1.807) is 0 Å². The molecule has 1 saturated carbocycles. The van der Waals surface area contributed by atoms with Gasteiger partial charge in [0.25, 0.3) is 0 Å². The van der Waals surface area contributed by atoms with Gasteiger partial charge in [-0.15, -0.1) is 0 Å². The van der Waals surface area contributed by atoms with E-state index in [1.165, 1.54) is 18.4 Å². The average Bonchev–Trinajstić information content (AvgIpc) is 2.98. The van der Waals surface area contributed by atoms with Crippen LogP contribution in [0.5, 0.6) is 0 Å². The van der Waals surface area contributed by atoms with E-state index in [-0.39, 0.29) is 6.10 Å². The van der Waals surface area contributed by atoms with Crippen LogP contribution in [0.4, 0.5) is 0 Å². The molecule has 1 atom stereocenters. The summed E-state index contributed by atoms with van der Waals surface area (Å²) < 4.78 is 7.74. The monoisotopic (exact) mass is 193 g/mol. The molecule has 0 bridgehead atoms. The predicted molar refractivity (Wildman–Crippen MR) is 52.1 cm³/mol. The maximum absolute atomic E-state index is 5.66. The lowest BCUT2D eigenvalue weighted by atomic mass is 10.2. The summed E-state index contributed by atoms with van der Waals surface area (Å²) in [7, 11) is 0. The van der Waals surface area contributed by atoms with Crippen LogP contribution in [0.2, 0.25) is 0 Å². The smallest absolute Gasteiger partial charge is 0.0980 e. The van der Waals surface area contributed by atoms with Crippen molar-refractivity contribution in [3.63, 3.8) is 0 Å². The second-order valence-electron chi connectivity index (χ2n) is 4.05. The molecule has 2 heterocycles. The Balaban J connectivity index is 1.74. The highest BCUT2D eigenvalue weighted by atomic mass is 16.5. The molecule has 14 heavy (non-hydrogen) atoms. The quantitative estimate of drug-likeness (QED) is 0.757. The van der Waals surface area contributed by atoms with Gasteiger partial charge in [0, 0.05) is 24.8 Å². The lowest BCUT2D eigenvalue weighted by Gasteiger charge is -2.22. The summed E-state index contributed by atoms with van der Waals surface area (Å²) in [6.07, 6.45) is 6.84. The standard InChI is InChI=1S/C10H15N3O/c1-2-9(1)13-7-8(5-12-13)10-6-11-3-4-14-10/h5,7,9-11H,1-4,6H2. The molecule has 0 radical (unpaired) electrons. The normalized spacial score (nSPS) is 27.9.